The lowest BCUT2D eigenvalue weighted by Crippen LogP contribution is -2.64. The van der Waals surface area contributed by atoms with Gasteiger partial charge < -0.3 is 15.2 Å². The maximum atomic E-state index is 12.9. The number of hydrogen-bond acceptors (Lipinski definition) is 7. The summed E-state index contributed by atoms with van der Waals surface area (Å²) >= 11 is 0. The number of nitrogens with zero attached hydrogens (tertiary/aromatic N) is 4. The number of H-pyrrole nitrogens is 1. The van der Waals surface area contributed by atoms with Gasteiger partial charge in [-0.25, -0.2) is 17.7 Å². The molecule has 2 aliphatic rings. The summed E-state index contributed by atoms with van der Waals surface area (Å²) < 4.78 is 25.8. The van der Waals surface area contributed by atoms with Crippen LogP contribution in [0.1, 0.15) is 29.9 Å². The number of hydrogen-bond donors (Lipinski definition) is 3. The van der Waals surface area contributed by atoms with E-state index in [-0.39, 0.29) is 47.7 Å². The van der Waals surface area contributed by atoms with Gasteiger partial charge in [-0.1, -0.05) is 12.1 Å². The van der Waals surface area contributed by atoms with E-state index >= 15 is 0 Å². The first-order valence-electron chi connectivity index (χ1n) is 11.0. The van der Waals surface area contributed by atoms with Crippen molar-refractivity contribution < 1.29 is 18.0 Å². The SMILES string of the molecule is CS(=O)(=O)NCCNC(=O)CC1CC2(C1)CN(C(=O)c1nc3c(=O)[nH]c4ccccc4n3n1)C2. The summed E-state index contributed by atoms with van der Waals surface area (Å²) in [5, 5.41) is 7.02. The third-order valence-electron chi connectivity index (χ3n) is 6.45. The average molecular weight is 488 g/mol. The summed E-state index contributed by atoms with van der Waals surface area (Å²) in [5.74, 6) is -0.167. The molecule has 1 aliphatic carbocycles. The third-order valence-corrected chi connectivity index (χ3v) is 7.18. The highest BCUT2D eigenvalue weighted by atomic mass is 32.2. The number of carbonyl (C=O) groups excluding carboxylic acids is 2. The molecule has 1 aliphatic heterocycles. The van der Waals surface area contributed by atoms with Gasteiger partial charge in [0.2, 0.25) is 27.4 Å². The fourth-order valence-corrected chi connectivity index (χ4v) is 5.52. The number of rotatable bonds is 7. The normalized spacial score (nSPS) is 17.6. The number of fused-ring (bicyclic) bond motifs is 3. The summed E-state index contributed by atoms with van der Waals surface area (Å²) in [6.45, 7) is 1.56. The van der Waals surface area contributed by atoms with Crippen LogP contribution in [0.25, 0.3) is 16.7 Å². The van der Waals surface area contributed by atoms with Crippen LogP contribution >= 0.6 is 0 Å². The molecular weight excluding hydrogens is 462 g/mol. The van der Waals surface area contributed by atoms with Gasteiger partial charge in [0.05, 0.1) is 17.3 Å². The second kappa shape index (κ2) is 8.17. The van der Waals surface area contributed by atoms with Crippen LogP contribution in [0.2, 0.25) is 0 Å². The highest BCUT2D eigenvalue weighted by molar-refractivity contribution is 7.88. The van der Waals surface area contributed by atoms with Gasteiger partial charge in [0.15, 0.2) is 0 Å². The molecule has 5 rings (SSSR count). The highest BCUT2D eigenvalue weighted by Crippen LogP contribution is 2.53. The number of para-hydroxylation sites is 2. The van der Waals surface area contributed by atoms with Crippen LogP contribution in [0.4, 0.5) is 0 Å². The molecule has 0 bridgehead atoms. The molecule has 1 spiro atoms. The topological polar surface area (TPSA) is 159 Å². The number of aromatic amines is 1. The van der Waals surface area contributed by atoms with Crippen molar-refractivity contribution in [2.75, 3.05) is 32.4 Å². The number of carbonyl (C=O) groups is 2. The van der Waals surface area contributed by atoms with E-state index in [1.807, 2.05) is 6.07 Å². The molecule has 2 fully saturated rings. The quantitative estimate of drug-likeness (QED) is 0.378. The first-order valence-corrected chi connectivity index (χ1v) is 12.9. The van der Waals surface area contributed by atoms with Gasteiger partial charge in [-0.2, -0.15) is 4.98 Å². The molecule has 0 unspecified atom stereocenters. The van der Waals surface area contributed by atoms with Crippen molar-refractivity contribution in [3.63, 3.8) is 0 Å². The average Bonchev–Trinajstić information content (AvgIpc) is 3.17. The Bertz CT molecular complexity index is 1450. The zero-order chi connectivity index (χ0) is 24.1. The van der Waals surface area contributed by atoms with Crippen LogP contribution in [-0.2, 0) is 14.8 Å². The fourth-order valence-electron chi connectivity index (χ4n) is 5.05. The van der Waals surface area contributed by atoms with Gasteiger partial charge >= 0.3 is 0 Å². The molecule has 12 nitrogen and oxygen atoms in total. The standard InChI is InChI=1S/C21H25N7O5S/c1-34(32,33)23-7-6-22-16(29)8-13-9-21(10-13)11-27(12-21)20(31)17-25-18-19(30)24-14-4-2-3-5-15(14)28(18)26-17/h2-5,13,23H,6-12H2,1H3,(H,22,29)(H,24,30). The molecule has 2 aromatic heterocycles. The number of aromatic nitrogens is 4. The Morgan fingerprint density at radius 1 is 1.21 bits per heavy atom. The predicted octanol–water partition coefficient (Wildman–Crippen LogP) is -0.521. The molecule has 180 valence electrons. The van der Waals surface area contributed by atoms with Gasteiger partial charge in [-0.15, -0.1) is 5.10 Å². The molecule has 2 amide bonds. The molecule has 0 atom stereocenters. The lowest BCUT2D eigenvalue weighted by Gasteiger charge is -2.58. The fraction of sp³-hybridized carbons (Fsp3) is 0.476. The van der Waals surface area contributed by atoms with E-state index in [1.54, 1.807) is 23.1 Å². The Kier molecular flexibility index (Phi) is 5.40. The van der Waals surface area contributed by atoms with Gasteiger partial charge in [0.1, 0.15) is 0 Å². The number of benzene rings is 1. The van der Waals surface area contributed by atoms with E-state index < -0.39 is 15.6 Å². The Hall–Kier alpha value is -3.32. The zero-order valence-corrected chi connectivity index (χ0v) is 19.4. The van der Waals surface area contributed by atoms with Gasteiger partial charge in [0.25, 0.3) is 11.5 Å². The van der Waals surface area contributed by atoms with Crippen LogP contribution < -0.4 is 15.6 Å². The van der Waals surface area contributed by atoms with Gasteiger partial charge in [-0.05, 0) is 30.9 Å². The van der Waals surface area contributed by atoms with E-state index in [0.29, 0.717) is 30.5 Å². The number of sulfonamides is 1. The Morgan fingerprint density at radius 2 is 1.94 bits per heavy atom. The first kappa shape index (κ1) is 22.5. The van der Waals surface area contributed by atoms with Crippen molar-refractivity contribution in [1.29, 1.82) is 0 Å². The Balaban J connectivity index is 1.14. The molecule has 34 heavy (non-hydrogen) atoms. The Labute approximate surface area is 194 Å². The molecule has 0 radical (unpaired) electrons. The summed E-state index contributed by atoms with van der Waals surface area (Å²) in [7, 11) is -3.26. The van der Waals surface area contributed by atoms with Crippen LogP contribution in [0.15, 0.2) is 29.1 Å². The number of likely N-dealkylation sites (tertiary alicyclic amines) is 1. The highest BCUT2D eigenvalue weighted by Gasteiger charge is 2.54. The maximum absolute atomic E-state index is 12.9. The minimum atomic E-state index is -3.26. The lowest BCUT2D eigenvalue weighted by molar-refractivity contribution is -0.127. The van der Waals surface area contributed by atoms with Crippen molar-refractivity contribution >= 4 is 38.5 Å². The van der Waals surface area contributed by atoms with Crippen LogP contribution in [-0.4, -0.2) is 77.1 Å². The second-order valence-corrected chi connectivity index (χ2v) is 11.1. The molecule has 3 N–H and O–H groups in total. The minimum Gasteiger partial charge on any atom is -0.355 e. The summed E-state index contributed by atoms with van der Waals surface area (Å²) in [4.78, 5) is 45.9. The van der Waals surface area contributed by atoms with E-state index in [1.165, 1.54) is 4.52 Å². The first-order chi connectivity index (χ1) is 16.1. The predicted molar refractivity (Wildman–Crippen MR) is 123 cm³/mol. The Morgan fingerprint density at radius 3 is 2.68 bits per heavy atom. The molecular formula is C21H25N7O5S. The van der Waals surface area contributed by atoms with E-state index in [2.05, 4.69) is 25.1 Å². The van der Waals surface area contributed by atoms with Crippen molar-refractivity contribution in [1.82, 2.24) is 34.5 Å². The minimum absolute atomic E-state index is 0.00495. The second-order valence-electron chi connectivity index (χ2n) is 9.30. The van der Waals surface area contributed by atoms with Crippen LogP contribution in [0.5, 0.6) is 0 Å². The molecule has 1 saturated heterocycles. The smallest absolute Gasteiger partial charge is 0.293 e. The molecule has 3 aromatic rings. The third kappa shape index (κ3) is 4.28. The molecule has 13 heteroatoms. The van der Waals surface area contributed by atoms with E-state index in [9.17, 15) is 22.8 Å². The van der Waals surface area contributed by atoms with Gasteiger partial charge in [0, 0.05) is 38.0 Å². The number of amides is 2. The van der Waals surface area contributed by atoms with Crippen molar-refractivity contribution in [3.05, 3.63) is 40.4 Å². The lowest BCUT2D eigenvalue weighted by atomic mass is 9.57. The van der Waals surface area contributed by atoms with Crippen molar-refractivity contribution in [3.8, 4) is 0 Å². The zero-order valence-electron chi connectivity index (χ0n) is 18.6. The monoisotopic (exact) mass is 487 g/mol. The van der Waals surface area contributed by atoms with E-state index in [4.69, 9.17) is 0 Å². The van der Waals surface area contributed by atoms with E-state index in [0.717, 1.165) is 19.1 Å². The van der Waals surface area contributed by atoms with Crippen molar-refractivity contribution in [2.24, 2.45) is 11.3 Å². The summed E-state index contributed by atoms with van der Waals surface area (Å²) in [5.41, 5.74) is 0.983. The van der Waals surface area contributed by atoms with Gasteiger partial charge in [-0.3, -0.25) is 14.4 Å². The maximum Gasteiger partial charge on any atom is 0.293 e. The van der Waals surface area contributed by atoms with Crippen molar-refractivity contribution in [2.45, 2.75) is 19.3 Å². The summed E-state index contributed by atoms with van der Waals surface area (Å²) in [6, 6.07) is 7.19. The van der Waals surface area contributed by atoms with Crippen LogP contribution in [0, 0.1) is 11.3 Å². The summed E-state index contributed by atoms with van der Waals surface area (Å²) in [6.07, 6.45) is 3.17. The number of nitrogens with one attached hydrogen (secondary N) is 3. The molecule has 1 aromatic carbocycles. The van der Waals surface area contributed by atoms with Crippen LogP contribution in [0.3, 0.4) is 0 Å². The molecule has 1 saturated carbocycles. The largest absolute Gasteiger partial charge is 0.355 e. The molecule has 3 heterocycles.